The number of carbonyl (C=O) groups excluding carboxylic acids is 1. The zero-order chi connectivity index (χ0) is 20.2. The van der Waals surface area contributed by atoms with Crippen LogP contribution in [0.3, 0.4) is 0 Å². The molecule has 1 N–H and O–H groups in total. The van der Waals surface area contributed by atoms with Crippen LogP contribution in [0.2, 0.25) is 0 Å². The number of methoxy groups -OCH3 is 1. The van der Waals surface area contributed by atoms with Crippen LogP contribution in [-0.4, -0.2) is 36.0 Å². The summed E-state index contributed by atoms with van der Waals surface area (Å²) in [5, 5.41) is 0.804. The molecule has 0 spiro atoms. The van der Waals surface area contributed by atoms with E-state index in [1.54, 1.807) is 7.11 Å². The zero-order valence-corrected chi connectivity index (χ0v) is 16.7. The quantitative estimate of drug-likeness (QED) is 0.716. The lowest BCUT2D eigenvalue weighted by Gasteiger charge is -2.32. The van der Waals surface area contributed by atoms with E-state index < -0.39 is 0 Å². The Balaban J connectivity index is 1.37. The minimum absolute atomic E-state index is 0.0408. The Hall–Kier alpha value is -3.08. The largest absolute Gasteiger partial charge is 0.497 e. The summed E-state index contributed by atoms with van der Waals surface area (Å²) in [4.78, 5) is 29.7. The van der Waals surface area contributed by atoms with E-state index in [2.05, 4.69) is 17.1 Å². The van der Waals surface area contributed by atoms with Crippen LogP contribution < -0.4 is 10.3 Å². The third-order valence-electron chi connectivity index (χ3n) is 5.88. The van der Waals surface area contributed by atoms with Crippen molar-refractivity contribution in [3.8, 4) is 5.75 Å². The van der Waals surface area contributed by atoms with Crippen LogP contribution in [0, 0.1) is 5.92 Å². The van der Waals surface area contributed by atoms with Crippen LogP contribution in [0.5, 0.6) is 5.75 Å². The van der Waals surface area contributed by atoms with E-state index in [-0.39, 0.29) is 11.5 Å². The van der Waals surface area contributed by atoms with Gasteiger partial charge in [0.05, 0.1) is 12.7 Å². The number of carbonyl (C=O) groups is 1. The fraction of sp³-hybridized carbons (Fsp3) is 0.333. The monoisotopic (exact) mass is 390 g/mol. The van der Waals surface area contributed by atoms with E-state index in [9.17, 15) is 9.59 Å². The van der Waals surface area contributed by atoms with Crippen molar-refractivity contribution in [1.82, 2.24) is 9.88 Å². The number of aryl methyl sites for hydroxylation is 1. The first-order chi connectivity index (χ1) is 14.1. The molecule has 3 aromatic rings. The number of amides is 1. The molecule has 150 valence electrons. The van der Waals surface area contributed by atoms with Gasteiger partial charge in [-0.05, 0) is 55.4 Å². The molecule has 1 fully saturated rings. The van der Waals surface area contributed by atoms with Crippen LogP contribution >= 0.6 is 0 Å². The smallest absolute Gasteiger partial charge is 0.254 e. The normalized spacial score (nSPS) is 14.9. The molecule has 29 heavy (non-hydrogen) atoms. The van der Waals surface area contributed by atoms with Gasteiger partial charge < -0.3 is 14.6 Å². The second kappa shape index (κ2) is 8.52. The molecule has 2 aromatic carbocycles. The molecular weight excluding hydrogens is 364 g/mol. The Bertz CT molecular complexity index is 1050. The number of pyridine rings is 1. The second-order valence-electron chi connectivity index (χ2n) is 7.72. The van der Waals surface area contributed by atoms with Crippen molar-refractivity contribution in [3.05, 3.63) is 76.1 Å². The molecule has 2 heterocycles. The fourth-order valence-electron chi connectivity index (χ4n) is 4.14. The third-order valence-corrected chi connectivity index (χ3v) is 5.88. The number of rotatable bonds is 5. The minimum atomic E-state index is -0.235. The molecule has 1 aliphatic rings. The number of benzene rings is 2. The lowest BCUT2D eigenvalue weighted by Crippen LogP contribution is -2.39. The Morgan fingerprint density at radius 2 is 1.83 bits per heavy atom. The van der Waals surface area contributed by atoms with E-state index in [0.717, 1.165) is 49.9 Å². The van der Waals surface area contributed by atoms with Gasteiger partial charge in [0, 0.05) is 30.1 Å². The van der Waals surface area contributed by atoms with Crippen LogP contribution in [0.25, 0.3) is 10.9 Å². The Kier molecular flexibility index (Phi) is 5.65. The van der Waals surface area contributed by atoms with Crippen molar-refractivity contribution in [3.63, 3.8) is 0 Å². The summed E-state index contributed by atoms with van der Waals surface area (Å²) in [6.45, 7) is 1.49. The van der Waals surface area contributed by atoms with Gasteiger partial charge in [-0.3, -0.25) is 9.59 Å². The first-order valence-electron chi connectivity index (χ1n) is 10.2. The highest BCUT2D eigenvalue weighted by atomic mass is 16.5. The van der Waals surface area contributed by atoms with Crippen molar-refractivity contribution >= 4 is 16.8 Å². The maximum absolute atomic E-state index is 13.1. The average molecular weight is 390 g/mol. The predicted molar refractivity (Wildman–Crippen MR) is 115 cm³/mol. The van der Waals surface area contributed by atoms with Crippen molar-refractivity contribution in [2.75, 3.05) is 20.2 Å². The summed E-state index contributed by atoms with van der Waals surface area (Å²) in [7, 11) is 1.68. The lowest BCUT2D eigenvalue weighted by molar-refractivity contribution is 0.0688. The highest BCUT2D eigenvalue weighted by Gasteiger charge is 2.25. The molecule has 0 bridgehead atoms. The number of likely N-dealkylation sites (tertiary alicyclic amines) is 1. The SMILES string of the molecule is COc1ccc(CCC2CCN(C(=O)c3cc(=O)[nH]c4ccccc34)CC2)cc1. The van der Waals surface area contributed by atoms with Crippen molar-refractivity contribution < 1.29 is 9.53 Å². The van der Waals surface area contributed by atoms with Gasteiger partial charge in [-0.1, -0.05) is 30.3 Å². The average Bonchev–Trinajstić information content (AvgIpc) is 2.77. The third kappa shape index (κ3) is 4.34. The first kappa shape index (κ1) is 19.2. The number of nitrogens with one attached hydrogen (secondary N) is 1. The molecule has 5 heteroatoms. The molecule has 1 saturated heterocycles. The molecule has 5 nitrogen and oxygen atoms in total. The Labute approximate surface area is 170 Å². The standard InChI is InChI=1S/C24H26N2O3/c1-29-19-10-8-17(9-11-19)6-7-18-12-14-26(15-13-18)24(28)21-16-23(27)25-22-5-3-2-4-20(21)22/h2-5,8-11,16,18H,6-7,12-15H2,1H3,(H,25,27). The number of aromatic nitrogens is 1. The summed E-state index contributed by atoms with van der Waals surface area (Å²) in [6.07, 6.45) is 4.18. The van der Waals surface area contributed by atoms with Gasteiger partial charge in [0.2, 0.25) is 5.56 Å². The maximum atomic E-state index is 13.1. The predicted octanol–water partition coefficient (Wildman–Crippen LogP) is 4.02. The minimum Gasteiger partial charge on any atom is -0.497 e. The van der Waals surface area contributed by atoms with Crippen molar-refractivity contribution in [2.24, 2.45) is 5.92 Å². The number of hydrogen-bond donors (Lipinski definition) is 1. The van der Waals surface area contributed by atoms with E-state index >= 15 is 0 Å². The van der Waals surface area contributed by atoms with E-state index in [0.29, 0.717) is 17.0 Å². The van der Waals surface area contributed by atoms with Gasteiger partial charge in [-0.15, -0.1) is 0 Å². The van der Waals surface area contributed by atoms with Gasteiger partial charge in [0.25, 0.3) is 5.91 Å². The first-order valence-corrected chi connectivity index (χ1v) is 10.2. The Morgan fingerprint density at radius 3 is 2.55 bits per heavy atom. The van der Waals surface area contributed by atoms with Gasteiger partial charge >= 0.3 is 0 Å². The number of aromatic amines is 1. The molecular formula is C24H26N2O3. The van der Waals surface area contributed by atoms with E-state index in [1.807, 2.05) is 41.3 Å². The fourth-order valence-corrected chi connectivity index (χ4v) is 4.14. The molecule has 1 aliphatic heterocycles. The van der Waals surface area contributed by atoms with E-state index in [4.69, 9.17) is 4.74 Å². The molecule has 0 radical (unpaired) electrons. The van der Waals surface area contributed by atoms with Gasteiger partial charge in [0.15, 0.2) is 0 Å². The topological polar surface area (TPSA) is 62.4 Å². The highest BCUT2D eigenvalue weighted by Crippen LogP contribution is 2.25. The molecule has 4 rings (SSSR count). The Morgan fingerprint density at radius 1 is 1.10 bits per heavy atom. The summed E-state index contributed by atoms with van der Waals surface area (Å²) in [5.41, 5.74) is 2.29. The molecule has 1 amide bonds. The van der Waals surface area contributed by atoms with Gasteiger partial charge in [-0.25, -0.2) is 0 Å². The lowest BCUT2D eigenvalue weighted by atomic mass is 9.90. The summed E-state index contributed by atoms with van der Waals surface area (Å²) < 4.78 is 5.21. The van der Waals surface area contributed by atoms with Gasteiger partial charge in [0.1, 0.15) is 5.75 Å². The number of H-pyrrole nitrogens is 1. The van der Waals surface area contributed by atoms with Crippen LogP contribution in [0.4, 0.5) is 0 Å². The second-order valence-corrected chi connectivity index (χ2v) is 7.72. The molecule has 0 atom stereocenters. The maximum Gasteiger partial charge on any atom is 0.254 e. The number of nitrogens with zero attached hydrogens (tertiary/aromatic N) is 1. The molecule has 0 aliphatic carbocycles. The van der Waals surface area contributed by atoms with E-state index in [1.165, 1.54) is 11.6 Å². The molecule has 0 saturated carbocycles. The number of para-hydroxylation sites is 1. The molecule has 0 unspecified atom stereocenters. The molecule has 1 aromatic heterocycles. The van der Waals surface area contributed by atoms with Crippen LogP contribution in [-0.2, 0) is 6.42 Å². The van der Waals surface area contributed by atoms with Crippen molar-refractivity contribution in [1.29, 1.82) is 0 Å². The number of ether oxygens (including phenoxy) is 1. The highest BCUT2D eigenvalue weighted by molar-refractivity contribution is 6.05. The zero-order valence-electron chi connectivity index (χ0n) is 16.7. The number of hydrogen-bond acceptors (Lipinski definition) is 3. The summed E-state index contributed by atoms with van der Waals surface area (Å²) in [6, 6.07) is 17.2. The summed E-state index contributed by atoms with van der Waals surface area (Å²) in [5.74, 6) is 1.46. The number of piperidine rings is 1. The van der Waals surface area contributed by atoms with Gasteiger partial charge in [-0.2, -0.15) is 0 Å². The van der Waals surface area contributed by atoms with Crippen molar-refractivity contribution in [2.45, 2.75) is 25.7 Å². The van der Waals surface area contributed by atoms with Crippen LogP contribution in [0.15, 0.2) is 59.4 Å². The van der Waals surface area contributed by atoms with Crippen LogP contribution in [0.1, 0.15) is 35.2 Å². The number of fused-ring (bicyclic) bond motifs is 1. The summed E-state index contributed by atoms with van der Waals surface area (Å²) >= 11 is 0.